The molecule has 1 saturated heterocycles. The van der Waals surface area contributed by atoms with Gasteiger partial charge in [-0.25, -0.2) is 4.79 Å². The highest BCUT2D eigenvalue weighted by molar-refractivity contribution is 8.00. The minimum Gasteiger partial charge on any atom is -0.464 e. The molecule has 7 nitrogen and oxygen atoms in total. The maximum absolute atomic E-state index is 13.5. The van der Waals surface area contributed by atoms with E-state index in [1.54, 1.807) is 24.0 Å². The summed E-state index contributed by atoms with van der Waals surface area (Å²) in [6, 6.07) is 13.5. The van der Waals surface area contributed by atoms with E-state index in [1.165, 1.54) is 17.8 Å². The molecule has 2 aromatic rings. The molecule has 1 aliphatic rings. The van der Waals surface area contributed by atoms with Gasteiger partial charge < -0.3 is 9.64 Å². The van der Waals surface area contributed by atoms with Crippen molar-refractivity contribution in [3.8, 4) is 0 Å². The smallest absolute Gasteiger partial charge is 0.329 e. The van der Waals surface area contributed by atoms with Crippen LogP contribution in [0.1, 0.15) is 41.3 Å². The van der Waals surface area contributed by atoms with Crippen molar-refractivity contribution in [3.63, 3.8) is 0 Å². The molecular weight excluding hydrogens is 416 g/mol. The number of esters is 1. The number of unbranched alkanes of at least 4 members (excludes halogenated alkanes) is 1. The molecule has 3 rings (SSSR count). The van der Waals surface area contributed by atoms with E-state index in [9.17, 15) is 19.7 Å². The highest BCUT2D eigenvalue weighted by atomic mass is 32.2. The van der Waals surface area contributed by atoms with E-state index in [-0.39, 0.29) is 16.6 Å². The van der Waals surface area contributed by atoms with E-state index < -0.39 is 22.8 Å². The average Bonchev–Trinajstić information content (AvgIpc) is 3.17. The number of carbonyl (C=O) groups is 2. The van der Waals surface area contributed by atoms with Crippen molar-refractivity contribution in [2.45, 2.75) is 44.5 Å². The van der Waals surface area contributed by atoms with E-state index in [1.807, 2.05) is 37.3 Å². The van der Waals surface area contributed by atoms with Gasteiger partial charge in [0.25, 0.3) is 11.6 Å². The van der Waals surface area contributed by atoms with Crippen LogP contribution < -0.4 is 0 Å². The summed E-state index contributed by atoms with van der Waals surface area (Å²) in [5.41, 5.74) is 1.62. The lowest BCUT2D eigenvalue weighted by atomic mass is 10.1. The van der Waals surface area contributed by atoms with Gasteiger partial charge >= 0.3 is 5.97 Å². The van der Waals surface area contributed by atoms with Gasteiger partial charge in [0.15, 0.2) is 0 Å². The summed E-state index contributed by atoms with van der Waals surface area (Å²) in [5, 5.41) is 11.1. The first kappa shape index (κ1) is 22.8. The Bertz CT molecular complexity index is 950. The van der Waals surface area contributed by atoms with E-state index in [0.29, 0.717) is 24.3 Å². The van der Waals surface area contributed by atoms with Crippen molar-refractivity contribution in [1.29, 1.82) is 0 Å². The molecule has 1 fully saturated rings. The second-order valence-corrected chi connectivity index (χ2v) is 8.70. The average molecular weight is 443 g/mol. The number of nitro benzene ring substituents is 1. The third-order valence-corrected chi connectivity index (χ3v) is 6.53. The van der Waals surface area contributed by atoms with E-state index in [0.717, 1.165) is 18.4 Å². The fourth-order valence-electron chi connectivity index (χ4n) is 3.49. The summed E-state index contributed by atoms with van der Waals surface area (Å²) in [6.45, 7) is 3.96. The third-order valence-electron chi connectivity index (χ3n) is 5.25. The Morgan fingerprint density at radius 2 is 1.97 bits per heavy atom. The predicted octanol–water partition coefficient (Wildman–Crippen LogP) is 4.37. The largest absolute Gasteiger partial charge is 0.464 e. The van der Waals surface area contributed by atoms with Gasteiger partial charge in [0.05, 0.1) is 16.9 Å². The Morgan fingerprint density at radius 3 is 2.65 bits per heavy atom. The van der Waals surface area contributed by atoms with Crippen LogP contribution in [-0.2, 0) is 16.0 Å². The van der Waals surface area contributed by atoms with Gasteiger partial charge in [-0.05, 0) is 25.0 Å². The van der Waals surface area contributed by atoms with Crippen LogP contribution in [0, 0.1) is 17.0 Å². The molecule has 0 bridgehead atoms. The number of ether oxygens (including phenoxy) is 1. The number of nitrogens with zero attached hydrogens (tertiary/aromatic N) is 2. The van der Waals surface area contributed by atoms with E-state index in [4.69, 9.17) is 4.74 Å². The number of benzene rings is 2. The number of aryl methyl sites for hydroxylation is 1. The van der Waals surface area contributed by atoms with Crippen LogP contribution >= 0.6 is 11.8 Å². The molecule has 2 unspecified atom stereocenters. The van der Waals surface area contributed by atoms with Crippen molar-refractivity contribution in [3.05, 3.63) is 75.3 Å². The maximum atomic E-state index is 13.5. The summed E-state index contributed by atoms with van der Waals surface area (Å²) >= 11 is 1.53. The Hall–Kier alpha value is -2.87. The van der Waals surface area contributed by atoms with Crippen LogP contribution in [-0.4, -0.2) is 45.5 Å². The first-order chi connectivity index (χ1) is 14.9. The summed E-state index contributed by atoms with van der Waals surface area (Å²) < 4.78 is 5.41. The standard InChI is InChI=1S/C23H26N2O5S/c1-3-4-12-30-23(27)20-15-31-21(13-17-8-6-5-7-9-17)24(20)22(26)18-11-10-16(2)19(14-18)25(28)29/h5-11,14,20-21H,3-4,12-13,15H2,1-2H3. The fraction of sp³-hybridized carbons (Fsp3) is 0.391. The van der Waals surface area contributed by atoms with Crippen LogP contribution in [0.25, 0.3) is 0 Å². The maximum Gasteiger partial charge on any atom is 0.329 e. The molecule has 31 heavy (non-hydrogen) atoms. The van der Waals surface area contributed by atoms with Gasteiger partial charge in [-0.3, -0.25) is 14.9 Å². The van der Waals surface area contributed by atoms with Crippen LogP contribution in [0.4, 0.5) is 5.69 Å². The number of amides is 1. The normalized spacial score (nSPS) is 18.1. The minimum atomic E-state index is -0.719. The molecule has 0 aliphatic carbocycles. The van der Waals surface area contributed by atoms with Crippen LogP contribution in [0.2, 0.25) is 0 Å². The van der Waals surface area contributed by atoms with Crippen molar-refractivity contribution in [2.24, 2.45) is 0 Å². The molecule has 164 valence electrons. The highest BCUT2D eigenvalue weighted by Gasteiger charge is 2.43. The molecule has 0 radical (unpaired) electrons. The predicted molar refractivity (Wildman–Crippen MR) is 120 cm³/mol. The van der Waals surface area contributed by atoms with Gasteiger partial charge in [-0.15, -0.1) is 11.8 Å². The van der Waals surface area contributed by atoms with Gasteiger partial charge in [0.1, 0.15) is 6.04 Å². The molecule has 1 heterocycles. The van der Waals surface area contributed by atoms with Crippen LogP contribution in [0.5, 0.6) is 0 Å². The molecule has 2 atom stereocenters. The zero-order valence-corrected chi connectivity index (χ0v) is 18.5. The molecule has 8 heteroatoms. The van der Waals surface area contributed by atoms with Crippen molar-refractivity contribution in [1.82, 2.24) is 4.90 Å². The van der Waals surface area contributed by atoms with Gasteiger partial charge in [-0.2, -0.15) is 0 Å². The number of rotatable bonds is 8. The van der Waals surface area contributed by atoms with Crippen molar-refractivity contribution >= 4 is 29.3 Å². The zero-order valence-electron chi connectivity index (χ0n) is 17.7. The van der Waals surface area contributed by atoms with Crippen LogP contribution in [0.3, 0.4) is 0 Å². The molecule has 1 aliphatic heterocycles. The summed E-state index contributed by atoms with van der Waals surface area (Å²) in [7, 11) is 0. The molecule has 0 N–H and O–H groups in total. The second kappa shape index (κ2) is 10.4. The SMILES string of the molecule is CCCCOC(=O)C1CSC(Cc2ccccc2)N1C(=O)c1ccc(C)c([N+](=O)[O-])c1. The highest BCUT2D eigenvalue weighted by Crippen LogP contribution is 2.34. The van der Waals surface area contributed by atoms with Crippen LogP contribution in [0.15, 0.2) is 48.5 Å². The lowest BCUT2D eigenvalue weighted by Crippen LogP contribution is -2.47. The first-order valence-corrected chi connectivity index (χ1v) is 11.4. The number of thioether (sulfide) groups is 1. The van der Waals surface area contributed by atoms with E-state index in [2.05, 4.69) is 0 Å². The lowest BCUT2D eigenvalue weighted by Gasteiger charge is -2.28. The first-order valence-electron chi connectivity index (χ1n) is 10.3. The van der Waals surface area contributed by atoms with Gasteiger partial charge in [-0.1, -0.05) is 49.7 Å². The topological polar surface area (TPSA) is 89.8 Å². The Balaban J connectivity index is 1.89. The molecule has 0 aromatic heterocycles. The number of carbonyl (C=O) groups excluding carboxylic acids is 2. The Kier molecular flexibility index (Phi) is 7.68. The monoisotopic (exact) mass is 442 g/mol. The Morgan fingerprint density at radius 1 is 1.23 bits per heavy atom. The second-order valence-electron chi connectivity index (χ2n) is 7.49. The quantitative estimate of drug-likeness (QED) is 0.261. The molecular formula is C23H26N2O5S. The number of hydrogen-bond donors (Lipinski definition) is 0. The van der Waals surface area contributed by atoms with Crippen molar-refractivity contribution < 1.29 is 19.2 Å². The minimum absolute atomic E-state index is 0.112. The van der Waals surface area contributed by atoms with Gasteiger partial charge in [0, 0.05) is 29.4 Å². The molecule has 2 aromatic carbocycles. The summed E-state index contributed by atoms with van der Waals surface area (Å²) in [4.78, 5) is 38.6. The van der Waals surface area contributed by atoms with Crippen molar-refractivity contribution in [2.75, 3.05) is 12.4 Å². The van der Waals surface area contributed by atoms with Gasteiger partial charge in [0.2, 0.25) is 0 Å². The fourth-order valence-corrected chi connectivity index (χ4v) is 4.91. The Labute approximate surface area is 185 Å². The number of nitro groups is 1. The molecule has 0 spiro atoms. The summed E-state index contributed by atoms with van der Waals surface area (Å²) in [6.07, 6.45) is 2.24. The summed E-state index contributed by atoms with van der Waals surface area (Å²) in [5.74, 6) is -0.389. The third kappa shape index (κ3) is 5.44. The number of hydrogen-bond acceptors (Lipinski definition) is 6. The zero-order chi connectivity index (χ0) is 22.4. The molecule has 1 amide bonds. The van der Waals surface area contributed by atoms with E-state index >= 15 is 0 Å². The lowest BCUT2D eigenvalue weighted by molar-refractivity contribution is -0.385. The molecule has 0 saturated carbocycles.